The molecule has 0 atom stereocenters. The van der Waals surface area contributed by atoms with Crippen LogP contribution in [0.3, 0.4) is 0 Å². The standard InChI is InChI=1S/C5H6N.Ir/c1-5-3-2-4-6-5;/h2-4H,1H3;/q-1;. The molecule has 7 heavy (non-hydrogen) atoms. The Kier molecular flexibility index (Phi) is 2.97. The summed E-state index contributed by atoms with van der Waals surface area (Å²) in [5, 5.41) is 0. The predicted octanol–water partition coefficient (Wildman–Crippen LogP) is 0.950. The molecule has 0 saturated carbocycles. The van der Waals surface area contributed by atoms with Crippen molar-refractivity contribution in [2.24, 2.45) is 0 Å². The smallest absolute Gasteiger partial charge is 0 e. The van der Waals surface area contributed by atoms with Gasteiger partial charge in [0.25, 0.3) is 0 Å². The molecule has 0 aliphatic carbocycles. The Morgan fingerprint density at radius 1 is 1.57 bits per heavy atom. The molecule has 1 radical (unpaired) electrons. The summed E-state index contributed by atoms with van der Waals surface area (Å²) >= 11 is 0. The Labute approximate surface area is 56.5 Å². The zero-order chi connectivity index (χ0) is 4.41. The van der Waals surface area contributed by atoms with Crippen molar-refractivity contribution >= 4 is 0 Å². The summed E-state index contributed by atoms with van der Waals surface area (Å²) in [5.41, 5.74) is 1.09. The van der Waals surface area contributed by atoms with Gasteiger partial charge in [-0.15, -0.1) is 0 Å². The van der Waals surface area contributed by atoms with Gasteiger partial charge in [-0.25, -0.2) is 0 Å². The molecule has 0 aromatic carbocycles. The van der Waals surface area contributed by atoms with E-state index in [-0.39, 0.29) is 20.1 Å². The molecule has 1 heterocycles. The first-order valence-corrected chi connectivity index (χ1v) is 1.94. The molecule has 1 aromatic rings. The van der Waals surface area contributed by atoms with Crippen molar-refractivity contribution in [1.29, 1.82) is 0 Å². The summed E-state index contributed by atoms with van der Waals surface area (Å²) in [6.07, 6.45) is 1.79. The molecule has 0 fully saturated rings. The third-order valence-corrected chi connectivity index (χ3v) is 0.702. The topological polar surface area (TPSA) is 14.1 Å². The first-order valence-electron chi connectivity index (χ1n) is 1.94. The first-order chi connectivity index (χ1) is 2.89. The fraction of sp³-hybridized carbons (Fsp3) is 0.200. The minimum atomic E-state index is 0. The fourth-order valence-corrected chi connectivity index (χ4v) is 0.386. The van der Waals surface area contributed by atoms with Gasteiger partial charge < -0.3 is 4.98 Å². The van der Waals surface area contributed by atoms with Crippen LogP contribution >= 0.6 is 0 Å². The Balaban J connectivity index is 0.000000360. The summed E-state index contributed by atoms with van der Waals surface area (Å²) in [6.45, 7) is 1.97. The van der Waals surface area contributed by atoms with Crippen LogP contribution in [-0.2, 0) is 20.1 Å². The average Bonchev–Trinajstić information content (AvgIpc) is 1.86. The quantitative estimate of drug-likeness (QED) is 0.686. The summed E-state index contributed by atoms with van der Waals surface area (Å²) in [5.74, 6) is 0. The van der Waals surface area contributed by atoms with E-state index in [9.17, 15) is 0 Å². The van der Waals surface area contributed by atoms with Crippen molar-refractivity contribution < 1.29 is 20.1 Å². The average molecular weight is 272 g/mol. The number of hydrogen-bond acceptors (Lipinski definition) is 0. The monoisotopic (exact) mass is 273 g/mol. The second kappa shape index (κ2) is 3.00. The summed E-state index contributed by atoms with van der Waals surface area (Å²) in [4.78, 5) is 3.92. The van der Waals surface area contributed by atoms with E-state index in [0.717, 1.165) is 5.69 Å². The van der Waals surface area contributed by atoms with Gasteiger partial charge in [-0.3, -0.25) is 0 Å². The Hall–Kier alpha value is -0.0706. The van der Waals surface area contributed by atoms with Gasteiger partial charge in [0.15, 0.2) is 0 Å². The van der Waals surface area contributed by atoms with Crippen molar-refractivity contribution in [3.05, 3.63) is 24.0 Å². The number of aromatic nitrogens is 1. The van der Waals surface area contributed by atoms with Crippen molar-refractivity contribution in [2.45, 2.75) is 6.92 Å². The van der Waals surface area contributed by atoms with Crippen LogP contribution in [0.5, 0.6) is 0 Å². The molecule has 0 amide bonds. The van der Waals surface area contributed by atoms with Crippen LogP contribution < -0.4 is 4.98 Å². The van der Waals surface area contributed by atoms with Crippen molar-refractivity contribution in [1.82, 2.24) is 4.98 Å². The second-order valence-electron chi connectivity index (χ2n) is 1.28. The molecule has 1 aromatic heterocycles. The second-order valence-corrected chi connectivity index (χ2v) is 1.28. The van der Waals surface area contributed by atoms with Crippen LogP contribution in [-0.4, -0.2) is 0 Å². The van der Waals surface area contributed by atoms with Crippen molar-refractivity contribution in [2.75, 3.05) is 0 Å². The molecule has 0 N–H and O–H groups in total. The van der Waals surface area contributed by atoms with Gasteiger partial charge in [-0.2, -0.15) is 11.9 Å². The van der Waals surface area contributed by atoms with Crippen LogP contribution in [0.4, 0.5) is 0 Å². The van der Waals surface area contributed by atoms with Crippen LogP contribution in [0, 0.1) is 6.92 Å². The molecule has 2 heteroatoms. The minimum Gasteiger partial charge on any atom is -0.668 e. The molecule has 0 aliphatic heterocycles. The Morgan fingerprint density at radius 2 is 2.29 bits per heavy atom. The largest absolute Gasteiger partial charge is 0.668 e. The van der Waals surface area contributed by atoms with Gasteiger partial charge in [0, 0.05) is 20.1 Å². The van der Waals surface area contributed by atoms with Gasteiger partial charge in [0.2, 0.25) is 0 Å². The van der Waals surface area contributed by atoms with E-state index in [1.165, 1.54) is 0 Å². The predicted molar refractivity (Wildman–Crippen MR) is 24.5 cm³/mol. The molecule has 0 bridgehead atoms. The zero-order valence-corrected chi connectivity index (χ0v) is 6.41. The van der Waals surface area contributed by atoms with Gasteiger partial charge in [-0.05, 0) is 0 Å². The maximum atomic E-state index is 3.92. The fourth-order valence-electron chi connectivity index (χ4n) is 0.386. The van der Waals surface area contributed by atoms with Crippen LogP contribution in [0.1, 0.15) is 5.69 Å². The zero-order valence-electron chi connectivity index (χ0n) is 4.01. The molecule has 1 nitrogen and oxygen atoms in total. The summed E-state index contributed by atoms with van der Waals surface area (Å²) in [6, 6.07) is 3.90. The van der Waals surface area contributed by atoms with Crippen molar-refractivity contribution in [3.63, 3.8) is 0 Å². The van der Waals surface area contributed by atoms with Crippen molar-refractivity contribution in [3.8, 4) is 0 Å². The Morgan fingerprint density at radius 3 is 2.43 bits per heavy atom. The van der Waals surface area contributed by atoms with Crippen LogP contribution in [0.15, 0.2) is 18.3 Å². The number of hydrogen-bond donors (Lipinski definition) is 0. The van der Waals surface area contributed by atoms with Gasteiger partial charge in [0.1, 0.15) is 0 Å². The maximum absolute atomic E-state index is 3.92. The molecular weight excluding hydrogens is 266 g/mol. The van der Waals surface area contributed by atoms with E-state index >= 15 is 0 Å². The molecule has 0 saturated heterocycles. The maximum Gasteiger partial charge on any atom is 0 e. The minimum absolute atomic E-state index is 0. The van der Waals surface area contributed by atoms with Gasteiger partial charge in [0.05, 0.1) is 0 Å². The Bertz CT molecular complexity index is 112. The van der Waals surface area contributed by atoms with Crippen LogP contribution in [0.25, 0.3) is 0 Å². The van der Waals surface area contributed by atoms with E-state index in [2.05, 4.69) is 4.98 Å². The van der Waals surface area contributed by atoms with E-state index in [4.69, 9.17) is 0 Å². The number of nitrogens with zero attached hydrogens (tertiary/aromatic N) is 1. The molecule has 1 rings (SSSR count). The molecule has 0 unspecified atom stereocenters. The molecule has 0 aliphatic rings. The molecule has 0 spiro atoms. The van der Waals surface area contributed by atoms with Gasteiger partial charge in [-0.1, -0.05) is 19.1 Å². The van der Waals surface area contributed by atoms with Gasteiger partial charge >= 0.3 is 0 Å². The van der Waals surface area contributed by atoms with E-state index in [1.807, 2.05) is 19.1 Å². The number of rotatable bonds is 0. The number of aryl methyl sites for hydroxylation is 1. The van der Waals surface area contributed by atoms with Crippen LogP contribution in [0.2, 0.25) is 0 Å². The van der Waals surface area contributed by atoms with E-state index in [1.54, 1.807) is 6.20 Å². The van der Waals surface area contributed by atoms with E-state index < -0.39 is 0 Å². The molecular formula is C5H6IrN-. The third-order valence-electron chi connectivity index (χ3n) is 0.702. The third kappa shape index (κ3) is 1.91. The summed E-state index contributed by atoms with van der Waals surface area (Å²) < 4.78 is 0. The summed E-state index contributed by atoms with van der Waals surface area (Å²) in [7, 11) is 0. The van der Waals surface area contributed by atoms with E-state index in [0.29, 0.717) is 0 Å². The SMILES string of the molecule is Cc1ccc[n-]1.[Ir]. The molecule has 41 valence electrons. The normalized spacial score (nSPS) is 7.57. The first kappa shape index (κ1) is 6.93.